The summed E-state index contributed by atoms with van der Waals surface area (Å²) in [5.74, 6) is 1.95. The minimum absolute atomic E-state index is 0.131. The summed E-state index contributed by atoms with van der Waals surface area (Å²) in [6.07, 6.45) is 0. The largest absolute Gasteiger partial charge is 0.497 e. The molecule has 3 aromatic rings. The first-order chi connectivity index (χ1) is 15.6. The number of rotatable bonds is 10. The molecule has 2 amide bonds. The van der Waals surface area contributed by atoms with Crippen LogP contribution in [0.2, 0.25) is 0 Å². The molecule has 0 heterocycles. The second-order valence-electron chi connectivity index (χ2n) is 6.60. The molecular weight excluding hydrogens is 412 g/mol. The fourth-order valence-corrected chi connectivity index (χ4v) is 2.67. The Balaban J connectivity index is 1.41. The molecule has 0 fully saturated rings. The van der Waals surface area contributed by atoms with Crippen molar-refractivity contribution in [1.82, 2.24) is 0 Å². The Hall–Kier alpha value is -4.20. The summed E-state index contributed by atoms with van der Waals surface area (Å²) in [6.45, 7) is -0.263. The third-order valence-corrected chi connectivity index (χ3v) is 4.31. The number of benzene rings is 3. The highest BCUT2D eigenvalue weighted by Crippen LogP contribution is 2.18. The van der Waals surface area contributed by atoms with E-state index in [4.69, 9.17) is 18.9 Å². The molecule has 0 saturated heterocycles. The van der Waals surface area contributed by atoms with Gasteiger partial charge in [0.05, 0.1) is 14.2 Å². The van der Waals surface area contributed by atoms with Crippen LogP contribution in [0.1, 0.15) is 0 Å². The second-order valence-corrected chi connectivity index (χ2v) is 6.60. The topological polar surface area (TPSA) is 95.1 Å². The molecular formula is C24H24N2O6. The van der Waals surface area contributed by atoms with Crippen molar-refractivity contribution in [2.45, 2.75) is 0 Å². The molecule has 0 saturated carbocycles. The fourth-order valence-electron chi connectivity index (χ4n) is 2.67. The van der Waals surface area contributed by atoms with Gasteiger partial charge in [-0.25, -0.2) is 0 Å². The Morgan fingerprint density at radius 3 is 1.19 bits per heavy atom. The van der Waals surface area contributed by atoms with Crippen LogP contribution >= 0.6 is 0 Å². The molecule has 0 bridgehead atoms. The van der Waals surface area contributed by atoms with E-state index in [9.17, 15) is 9.59 Å². The number of nitrogens with one attached hydrogen (secondary N) is 2. The van der Waals surface area contributed by atoms with Gasteiger partial charge in [-0.1, -0.05) is 0 Å². The minimum atomic E-state index is -0.300. The van der Waals surface area contributed by atoms with Crippen LogP contribution in [0, 0.1) is 0 Å². The van der Waals surface area contributed by atoms with E-state index < -0.39 is 0 Å². The van der Waals surface area contributed by atoms with Crippen LogP contribution in [0.5, 0.6) is 23.0 Å². The van der Waals surface area contributed by atoms with E-state index >= 15 is 0 Å². The molecule has 0 radical (unpaired) electrons. The molecule has 0 atom stereocenters. The number of methoxy groups -OCH3 is 2. The van der Waals surface area contributed by atoms with Crippen LogP contribution in [-0.4, -0.2) is 39.2 Å². The quantitative estimate of drug-likeness (QED) is 0.503. The minimum Gasteiger partial charge on any atom is -0.497 e. The van der Waals surface area contributed by atoms with E-state index in [0.717, 1.165) is 0 Å². The fraction of sp³-hybridized carbons (Fsp3) is 0.167. The van der Waals surface area contributed by atoms with E-state index in [0.29, 0.717) is 34.4 Å². The predicted octanol–water partition coefficient (Wildman–Crippen LogP) is 3.74. The van der Waals surface area contributed by atoms with Crippen molar-refractivity contribution in [2.75, 3.05) is 38.1 Å². The molecule has 32 heavy (non-hydrogen) atoms. The van der Waals surface area contributed by atoms with E-state index in [-0.39, 0.29) is 25.0 Å². The zero-order valence-corrected chi connectivity index (χ0v) is 17.8. The van der Waals surface area contributed by atoms with Gasteiger partial charge in [0, 0.05) is 11.4 Å². The molecule has 3 aromatic carbocycles. The van der Waals surface area contributed by atoms with Crippen LogP contribution in [0.4, 0.5) is 11.4 Å². The number of ether oxygens (including phenoxy) is 4. The lowest BCUT2D eigenvalue weighted by Crippen LogP contribution is -2.21. The van der Waals surface area contributed by atoms with Crippen LogP contribution < -0.4 is 29.6 Å². The lowest BCUT2D eigenvalue weighted by atomic mass is 10.2. The normalized spacial score (nSPS) is 10.1. The summed E-state index contributed by atoms with van der Waals surface area (Å²) < 4.78 is 21.0. The van der Waals surface area contributed by atoms with Crippen molar-refractivity contribution < 1.29 is 28.5 Å². The van der Waals surface area contributed by atoms with Crippen LogP contribution in [0.25, 0.3) is 0 Å². The van der Waals surface area contributed by atoms with Gasteiger partial charge in [-0.3, -0.25) is 9.59 Å². The molecule has 2 N–H and O–H groups in total. The zero-order chi connectivity index (χ0) is 22.8. The van der Waals surface area contributed by atoms with Crippen molar-refractivity contribution in [3.63, 3.8) is 0 Å². The average molecular weight is 436 g/mol. The Kier molecular flexibility index (Phi) is 7.91. The van der Waals surface area contributed by atoms with E-state index in [2.05, 4.69) is 10.6 Å². The van der Waals surface area contributed by atoms with Crippen molar-refractivity contribution in [1.29, 1.82) is 0 Å². The summed E-state index contributed by atoms with van der Waals surface area (Å²) in [5.41, 5.74) is 1.17. The average Bonchev–Trinajstić information content (AvgIpc) is 2.83. The van der Waals surface area contributed by atoms with E-state index in [1.165, 1.54) is 0 Å². The third kappa shape index (κ3) is 6.94. The van der Waals surface area contributed by atoms with Gasteiger partial charge in [-0.05, 0) is 72.8 Å². The molecule has 0 spiro atoms. The second kappa shape index (κ2) is 11.3. The molecule has 0 aromatic heterocycles. The number of carbonyl (C=O) groups excluding carboxylic acids is 2. The van der Waals surface area contributed by atoms with Gasteiger partial charge in [0.1, 0.15) is 23.0 Å². The van der Waals surface area contributed by atoms with E-state index in [1.807, 2.05) is 0 Å². The highest BCUT2D eigenvalue weighted by Gasteiger charge is 2.07. The van der Waals surface area contributed by atoms with Crippen LogP contribution in [0.15, 0.2) is 72.8 Å². The van der Waals surface area contributed by atoms with Crippen molar-refractivity contribution in [3.05, 3.63) is 72.8 Å². The lowest BCUT2D eigenvalue weighted by molar-refractivity contribution is -0.118. The molecule has 0 unspecified atom stereocenters. The Bertz CT molecular complexity index is 933. The van der Waals surface area contributed by atoms with Gasteiger partial charge >= 0.3 is 0 Å². The standard InChI is InChI=1S/C24H24N2O6/c1-29-19-7-11-21(12-8-19)31-15-23(27)25-17-3-5-18(6-4-17)26-24(28)16-32-22-13-9-20(30-2)10-14-22/h3-14H,15-16H2,1-2H3,(H,25,27)(H,26,28). The molecule has 0 aliphatic rings. The smallest absolute Gasteiger partial charge is 0.262 e. The number of carbonyl (C=O) groups is 2. The van der Waals surface area contributed by atoms with Gasteiger partial charge in [0.2, 0.25) is 0 Å². The van der Waals surface area contributed by atoms with Gasteiger partial charge in [-0.15, -0.1) is 0 Å². The van der Waals surface area contributed by atoms with Crippen molar-refractivity contribution >= 4 is 23.2 Å². The van der Waals surface area contributed by atoms with Crippen molar-refractivity contribution in [3.8, 4) is 23.0 Å². The summed E-state index contributed by atoms with van der Waals surface area (Å²) in [5, 5.41) is 5.47. The highest BCUT2D eigenvalue weighted by molar-refractivity contribution is 5.94. The molecule has 166 valence electrons. The Morgan fingerprint density at radius 2 is 0.875 bits per heavy atom. The monoisotopic (exact) mass is 436 g/mol. The SMILES string of the molecule is COc1ccc(OCC(=O)Nc2ccc(NC(=O)COc3ccc(OC)cc3)cc2)cc1. The van der Waals surface area contributed by atoms with Crippen LogP contribution in [-0.2, 0) is 9.59 Å². The Morgan fingerprint density at radius 1 is 0.562 bits per heavy atom. The van der Waals surface area contributed by atoms with Gasteiger partial charge < -0.3 is 29.6 Å². The maximum Gasteiger partial charge on any atom is 0.262 e. The molecule has 8 heteroatoms. The number of hydrogen-bond acceptors (Lipinski definition) is 6. The zero-order valence-electron chi connectivity index (χ0n) is 17.8. The molecule has 0 aliphatic carbocycles. The molecule has 3 rings (SSSR count). The lowest BCUT2D eigenvalue weighted by Gasteiger charge is -2.10. The molecule has 0 aliphatic heterocycles. The highest BCUT2D eigenvalue weighted by atomic mass is 16.5. The number of anilines is 2. The van der Waals surface area contributed by atoms with Gasteiger partial charge in [0.15, 0.2) is 13.2 Å². The number of amides is 2. The maximum atomic E-state index is 12.1. The summed E-state index contributed by atoms with van der Waals surface area (Å²) in [4.78, 5) is 24.2. The first kappa shape index (κ1) is 22.5. The van der Waals surface area contributed by atoms with Crippen molar-refractivity contribution in [2.24, 2.45) is 0 Å². The summed E-state index contributed by atoms with van der Waals surface area (Å²) in [7, 11) is 3.16. The first-order valence-corrected chi connectivity index (χ1v) is 9.79. The summed E-state index contributed by atoms with van der Waals surface area (Å²) in [6, 6.07) is 20.6. The third-order valence-electron chi connectivity index (χ3n) is 4.31. The van der Waals surface area contributed by atoms with E-state index in [1.54, 1.807) is 87.0 Å². The van der Waals surface area contributed by atoms with Gasteiger partial charge in [-0.2, -0.15) is 0 Å². The number of hydrogen-bond donors (Lipinski definition) is 2. The molecule has 8 nitrogen and oxygen atoms in total. The van der Waals surface area contributed by atoms with Gasteiger partial charge in [0.25, 0.3) is 11.8 Å². The Labute approximate surface area is 186 Å². The first-order valence-electron chi connectivity index (χ1n) is 9.79. The predicted molar refractivity (Wildman–Crippen MR) is 121 cm³/mol. The van der Waals surface area contributed by atoms with Crippen LogP contribution in [0.3, 0.4) is 0 Å². The summed E-state index contributed by atoms with van der Waals surface area (Å²) >= 11 is 0. The maximum absolute atomic E-state index is 12.1.